The van der Waals surface area contributed by atoms with E-state index in [2.05, 4.69) is 5.32 Å². The zero-order valence-corrected chi connectivity index (χ0v) is 14.2. The van der Waals surface area contributed by atoms with E-state index in [-0.39, 0.29) is 31.1 Å². The van der Waals surface area contributed by atoms with Crippen LogP contribution in [-0.2, 0) is 11.2 Å². The van der Waals surface area contributed by atoms with Crippen LogP contribution in [0.5, 0.6) is 11.5 Å². The fourth-order valence-electron chi connectivity index (χ4n) is 2.55. The van der Waals surface area contributed by atoms with Crippen molar-refractivity contribution in [3.63, 3.8) is 0 Å². The summed E-state index contributed by atoms with van der Waals surface area (Å²) in [6.45, 7) is 2.16. The molecule has 1 aliphatic heterocycles. The summed E-state index contributed by atoms with van der Waals surface area (Å²) in [6, 6.07) is 14.7. The number of nitrogens with one attached hydrogen (secondary N) is 1. The first-order valence-electron chi connectivity index (χ1n) is 7.63. The van der Waals surface area contributed by atoms with E-state index in [1.807, 2.05) is 55.5 Å². The van der Waals surface area contributed by atoms with Gasteiger partial charge >= 0.3 is 0 Å². The smallest absolute Gasteiger partial charge is 0.237 e. The van der Waals surface area contributed by atoms with E-state index in [0.717, 1.165) is 16.9 Å². The second-order valence-corrected chi connectivity index (χ2v) is 5.64. The molecule has 1 unspecified atom stereocenters. The van der Waals surface area contributed by atoms with Gasteiger partial charge in [0, 0.05) is 0 Å². The van der Waals surface area contributed by atoms with E-state index in [9.17, 15) is 4.79 Å². The Kier molecular flexibility index (Phi) is 6.06. The SMILES string of the molecule is CC(NC(=O)[C@@H](N)Cc1ccccc1)c1ccc2c(c1)OCO2.Cl. The Labute approximate surface area is 147 Å². The van der Waals surface area contributed by atoms with E-state index in [1.165, 1.54) is 0 Å². The van der Waals surface area contributed by atoms with Gasteiger partial charge in [-0.2, -0.15) is 0 Å². The summed E-state index contributed by atoms with van der Waals surface area (Å²) in [5.41, 5.74) is 8.01. The molecule has 1 heterocycles. The number of hydrogen-bond acceptors (Lipinski definition) is 4. The van der Waals surface area contributed by atoms with E-state index < -0.39 is 6.04 Å². The monoisotopic (exact) mass is 348 g/mol. The number of nitrogens with two attached hydrogens (primary N) is 1. The van der Waals surface area contributed by atoms with Crippen molar-refractivity contribution in [2.75, 3.05) is 6.79 Å². The fourth-order valence-corrected chi connectivity index (χ4v) is 2.55. The molecule has 5 nitrogen and oxygen atoms in total. The van der Waals surface area contributed by atoms with E-state index in [1.54, 1.807) is 0 Å². The highest BCUT2D eigenvalue weighted by atomic mass is 35.5. The second-order valence-electron chi connectivity index (χ2n) is 5.64. The number of hydrogen-bond donors (Lipinski definition) is 2. The molecule has 2 atom stereocenters. The predicted molar refractivity (Wildman–Crippen MR) is 94.5 cm³/mol. The van der Waals surface area contributed by atoms with Crippen molar-refractivity contribution in [2.24, 2.45) is 5.73 Å². The van der Waals surface area contributed by atoms with Gasteiger partial charge in [-0.25, -0.2) is 0 Å². The quantitative estimate of drug-likeness (QED) is 0.871. The normalized spacial score (nSPS) is 14.4. The van der Waals surface area contributed by atoms with Crippen LogP contribution < -0.4 is 20.5 Å². The Morgan fingerprint density at radius 1 is 1.17 bits per heavy atom. The van der Waals surface area contributed by atoms with Crippen molar-refractivity contribution in [1.82, 2.24) is 5.32 Å². The number of halogens is 1. The van der Waals surface area contributed by atoms with Gasteiger partial charge in [0.2, 0.25) is 12.7 Å². The zero-order valence-electron chi connectivity index (χ0n) is 13.4. The van der Waals surface area contributed by atoms with E-state index in [4.69, 9.17) is 15.2 Å². The lowest BCUT2D eigenvalue weighted by molar-refractivity contribution is -0.123. The molecule has 0 saturated heterocycles. The van der Waals surface area contributed by atoms with E-state index in [0.29, 0.717) is 12.2 Å². The highest BCUT2D eigenvalue weighted by molar-refractivity contribution is 5.85. The van der Waals surface area contributed by atoms with Crippen molar-refractivity contribution in [3.05, 3.63) is 59.7 Å². The molecule has 0 fully saturated rings. The Bertz CT molecular complexity index is 694. The maximum absolute atomic E-state index is 12.3. The molecule has 6 heteroatoms. The number of benzene rings is 2. The van der Waals surface area contributed by atoms with Crippen molar-refractivity contribution < 1.29 is 14.3 Å². The lowest BCUT2D eigenvalue weighted by Gasteiger charge is -2.18. The van der Waals surface area contributed by atoms with Crippen LogP contribution in [0.3, 0.4) is 0 Å². The summed E-state index contributed by atoms with van der Waals surface area (Å²) in [5, 5.41) is 2.95. The van der Waals surface area contributed by atoms with Crippen molar-refractivity contribution in [1.29, 1.82) is 0 Å². The number of rotatable bonds is 5. The fraction of sp³-hybridized carbons (Fsp3) is 0.278. The average molecular weight is 349 g/mol. The maximum atomic E-state index is 12.3. The first kappa shape index (κ1) is 18.1. The summed E-state index contributed by atoms with van der Waals surface area (Å²) in [7, 11) is 0. The molecular weight excluding hydrogens is 328 g/mol. The zero-order chi connectivity index (χ0) is 16.2. The summed E-state index contributed by atoms with van der Waals surface area (Å²) < 4.78 is 10.7. The molecule has 128 valence electrons. The lowest BCUT2D eigenvalue weighted by atomic mass is 10.0. The standard InChI is InChI=1S/C18H20N2O3.ClH/c1-12(14-7-8-16-17(10-14)23-11-22-16)20-18(21)15(19)9-13-5-3-2-4-6-13;/h2-8,10,12,15H,9,11,19H2,1H3,(H,20,21);1H/t12?,15-;/m0./s1. The molecule has 0 saturated carbocycles. The molecular formula is C18H21ClN2O3. The Morgan fingerprint density at radius 2 is 1.88 bits per heavy atom. The first-order chi connectivity index (χ1) is 11.1. The van der Waals surface area contributed by atoms with Crippen LogP contribution in [0.2, 0.25) is 0 Å². The van der Waals surface area contributed by atoms with Crippen LogP contribution in [0.4, 0.5) is 0 Å². The van der Waals surface area contributed by atoms with Gasteiger partial charge < -0.3 is 20.5 Å². The Hall–Kier alpha value is -2.24. The second kappa shape index (κ2) is 8.04. The summed E-state index contributed by atoms with van der Waals surface area (Å²) in [6.07, 6.45) is 0.514. The number of carbonyl (C=O) groups excluding carboxylic acids is 1. The molecule has 24 heavy (non-hydrogen) atoms. The van der Waals surface area contributed by atoms with Crippen LogP contribution in [0.15, 0.2) is 48.5 Å². The molecule has 0 radical (unpaired) electrons. The van der Waals surface area contributed by atoms with Crippen molar-refractivity contribution >= 4 is 18.3 Å². The minimum atomic E-state index is -0.575. The van der Waals surface area contributed by atoms with Crippen molar-refractivity contribution in [3.8, 4) is 11.5 Å². The number of amides is 1. The highest BCUT2D eigenvalue weighted by Gasteiger charge is 2.19. The number of carbonyl (C=O) groups is 1. The molecule has 2 aromatic rings. The van der Waals surface area contributed by atoms with Crippen LogP contribution in [-0.4, -0.2) is 18.7 Å². The molecule has 2 aromatic carbocycles. The summed E-state index contributed by atoms with van der Waals surface area (Å²) in [5.74, 6) is 1.27. The Balaban J connectivity index is 0.00000208. The highest BCUT2D eigenvalue weighted by Crippen LogP contribution is 2.34. The molecule has 0 aromatic heterocycles. The third-order valence-corrected chi connectivity index (χ3v) is 3.89. The third kappa shape index (κ3) is 4.19. The minimum absolute atomic E-state index is 0. The largest absolute Gasteiger partial charge is 0.454 e. The van der Waals surface area contributed by atoms with Crippen LogP contribution in [0, 0.1) is 0 Å². The summed E-state index contributed by atoms with van der Waals surface area (Å²) in [4.78, 5) is 12.3. The van der Waals surface area contributed by atoms with Gasteiger partial charge in [-0.15, -0.1) is 12.4 Å². The molecule has 1 aliphatic rings. The molecule has 0 bridgehead atoms. The lowest BCUT2D eigenvalue weighted by Crippen LogP contribution is -2.42. The third-order valence-electron chi connectivity index (χ3n) is 3.89. The van der Waals surface area contributed by atoms with Crippen LogP contribution in [0.1, 0.15) is 24.1 Å². The number of fused-ring (bicyclic) bond motifs is 1. The maximum Gasteiger partial charge on any atom is 0.237 e. The molecule has 3 N–H and O–H groups in total. The van der Waals surface area contributed by atoms with Crippen LogP contribution in [0.25, 0.3) is 0 Å². The van der Waals surface area contributed by atoms with Gasteiger partial charge in [0.05, 0.1) is 12.1 Å². The van der Waals surface area contributed by atoms with Gasteiger partial charge in [-0.3, -0.25) is 4.79 Å². The topological polar surface area (TPSA) is 73.6 Å². The van der Waals surface area contributed by atoms with Crippen LogP contribution >= 0.6 is 12.4 Å². The van der Waals surface area contributed by atoms with E-state index >= 15 is 0 Å². The van der Waals surface area contributed by atoms with Gasteiger partial charge in [-0.05, 0) is 36.6 Å². The first-order valence-corrected chi connectivity index (χ1v) is 7.63. The van der Waals surface area contributed by atoms with Crippen molar-refractivity contribution in [2.45, 2.75) is 25.4 Å². The predicted octanol–water partition coefficient (Wildman–Crippen LogP) is 2.58. The number of ether oxygens (including phenoxy) is 2. The summed E-state index contributed by atoms with van der Waals surface area (Å²) >= 11 is 0. The van der Waals surface area contributed by atoms with Gasteiger partial charge in [0.25, 0.3) is 0 Å². The average Bonchev–Trinajstić information content (AvgIpc) is 3.03. The molecule has 0 spiro atoms. The molecule has 3 rings (SSSR count). The molecule has 1 amide bonds. The van der Waals surface area contributed by atoms with Gasteiger partial charge in [0.1, 0.15) is 0 Å². The Morgan fingerprint density at radius 3 is 2.62 bits per heavy atom. The minimum Gasteiger partial charge on any atom is -0.454 e. The van der Waals surface area contributed by atoms with Gasteiger partial charge in [-0.1, -0.05) is 36.4 Å². The molecule has 0 aliphatic carbocycles. The van der Waals surface area contributed by atoms with Gasteiger partial charge in [0.15, 0.2) is 11.5 Å².